The van der Waals surface area contributed by atoms with Crippen LogP contribution in [0.5, 0.6) is 0 Å². The van der Waals surface area contributed by atoms with E-state index < -0.39 is 0 Å². The maximum absolute atomic E-state index is 10.9. The van der Waals surface area contributed by atoms with Crippen LogP contribution < -0.4 is 0 Å². The van der Waals surface area contributed by atoms with Gasteiger partial charge in [-0.25, -0.2) is 0 Å². The average Bonchev–Trinajstić information content (AvgIpc) is 2.65. The van der Waals surface area contributed by atoms with Gasteiger partial charge >= 0.3 is 0 Å². The Morgan fingerprint density at radius 3 is 2.00 bits per heavy atom. The molecule has 1 aliphatic rings. The maximum Gasteiger partial charge on any atom is 0.0973 e. The van der Waals surface area contributed by atoms with Gasteiger partial charge < -0.3 is 10.0 Å². The van der Waals surface area contributed by atoms with Crippen molar-refractivity contribution in [3.63, 3.8) is 0 Å². The van der Waals surface area contributed by atoms with Gasteiger partial charge in [0, 0.05) is 0 Å². The van der Waals surface area contributed by atoms with E-state index in [1.165, 1.54) is 31.2 Å². The highest BCUT2D eigenvalue weighted by molar-refractivity contribution is 5.26. The van der Waals surface area contributed by atoms with E-state index in [9.17, 15) is 5.11 Å². The molecule has 19 heavy (non-hydrogen) atoms. The molecule has 1 aliphatic carbocycles. The molecule has 0 aliphatic heterocycles. The summed E-state index contributed by atoms with van der Waals surface area (Å²) in [6.45, 7) is 2.09. The number of aryl methyl sites for hydroxylation is 1. The molecule has 1 saturated carbocycles. The summed E-state index contributed by atoms with van der Waals surface area (Å²) in [4.78, 5) is 2.25. The van der Waals surface area contributed by atoms with Gasteiger partial charge in [0.2, 0.25) is 0 Å². The summed E-state index contributed by atoms with van der Waals surface area (Å²) >= 11 is 0. The fraction of sp³-hybridized carbons (Fsp3) is 0.647. The van der Waals surface area contributed by atoms with Crippen LogP contribution in [0.15, 0.2) is 24.3 Å². The molecule has 1 unspecified atom stereocenters. The highest BCUT2D eigenvalue weighted by Gasteiger charge is 2.40. The number of aliphatic hydroxyl groups excluding tert-OH is 1. The standard InChI is InChI=1S/C17H27NO/c1-14-8-10-15(11-9-14)16(19)17(18(2)3)12-6-4-5-7-13-17/h8-11,16,19H,4-7,12-13H2,1-3H3. The van der Waals surface area contributed by atoms with E-state index in [1.54, 1.807) is 0 Å². The molecule has 2 heteroatoms. The van der Waals surface area contributed by atoms with Gasteiger partial charge in [-0.15, -0.1) is 0 Å². The first kappa shape index (κ1) is 14.5. The van der Waals surface area contributed by atoms with Crippen LogP contribution in [0.25, 0.3) is 0 Å². The van der Waals surface area contributed by atoms with E-state index >= 15 is 0 Å². The van der Waals surface area contributed by atoms with Gasteiger partial charge in [0.15, 0.2) is 0 Å². The van der Waals surface area contributed by atoms with E-state index in [-0.39, 0.29) is 11.6 Å². The molecule has 1 N–H and O–H groups in total. The number of hydrogen-bond acceptors (Lipinski definition) is 2. The zero-order valence-corrected chi connectivity index (χ0v) is 12.5. The van der Waals surface area contributed by atoms with Crippen LogP contribution in [0.2, 0.25) is 0 Å². The van der Waals surface area contributed by atoms with Crippen molar-refractivity contribution in [3.05, 3.63) is 35.4 Å². The predicted octanol–water partition coefficient (Wildman–Crippen LogP) is 3.68. The van der Waals surface area contributed by atoms with Crippen molar-refractivity contribution >= 4 is 0 Å². The fourth-order valence-electron chi connectivity index (χ4n) is 3.36. The third kappa shape index (κ3) is 3.01. The molecular formula is C17H27NO. The molecular weight excluding hydrogens is 234 g/mol. The van der Waals surface area contributed by atoms with Gasteiger partial charge in [0.1, 0.15) is 0 Å². The normalized spacial score (nSPS) is 21.1. The van der Waals surface area contributed by atoms with E-state index in [0.717, 1.165) is 18.4 Å². The Balaban J connectivity index is 2.29. The maximum atomic E-state index is 10.9. The van der Waals surface area contributed by atoms with Crippen molar-refractivity contribution in [2.75, 3.05) is 14.1 Å². The number of rotatable bonds is 3. The minimum atomic E-state index is -0.388. The Hall–Kier alpha value is -0.860. The second-order valence-corrected chi connectivity index (χ2v) is 6.23. The summed E-state index contributed by atoms with van der Waals surface area (Å²) in [6.07, 6.45) is 6.85. The molecule has 2 rings (SSSR count). The molecule has 1 fully saturated rings. The molecule has 0 radical (unpaired) electrons. The third-order valence-electron chi connectivity index (χ3n) is 4.76. The van der Waals surface area contributed by atoms with E-state index in [2.05, 4.69) is 50.2 Å². The Morgan fingerprint density at radius 1 is 1.00 bits per heavy atom. The Bertz CT molecular complexity index is 388. The van der Waals surface area contributed by atoms with E-state index in [0.29, 0.717) is 0 Å². The van der Waals surface area contributed by atoms with Crippen molar-refractivity contribution in [2.24, 2.45) is 0 Å². The number of nitrogens with zero attached hydrogens (tertiary/aromatic N) is 1. The first-order chi connectivity index (χ1) is 9.06. The lowest BCUT2D eigenvalue weighted by molar-refractivity contribution is -0.0198. The number of benzene rings is 1. The molecule has 0 saturated heterocycles. The molecule has 106 valence electrons. The Labute approximate surface area is 117 Å². The molecule has 1 atom stereocenters. The van der Waals surface area contributed by atoms with Gasteiger partial charge in [-0.2, -0.15) is 0 Å². The Kier molecular flexibility index (Phi) is 4.64. The molecule has 0 spiro atoms. The minimum Gasteiger partial charge on any atom is -0.386 e. The number of likely N-dealkylation sites (N-methyl/N-ethyl adjacent to an activating group) is 1. The smallest absolute Gasteiger partial charge is 0.0973 e. The largest absolute Gasteiger partial charge is 0.386 e. The van der Waals surface area contributed by atoms with Gasteiger partial charge in [0.05, 0.1) is 11.6 Å². The molecule has 1 aromatic rings. The van der Waals surface area contributed by atoms with Crippen molar-refractivity contribution in [2.45, 2.75) is 57.1 Å². The lowest BCUT2D eigenvalue weighted by Gasteiger charge is -2.43. The summed E-state index contributed by atoms with van der Waals surface area (Å²) in [7, 11) is 4.23. The monoisotopic (exact) mass is 261 g/mol. The van der Waals surface area contributed by atoms with Crippen LogP contribution in [0.1, 0.15) is 55.8 Å². The summed E-state index contributed by atoms with van der Waals surface area (Å²) in [5, 5.41) is 10.9. The molecule has 2 nitrogen and oxygen atoms in total. The van der Waals surface area contributed by atoms with Gasteiger partial charge in [-0.1, -0.05) is 55.5 Å². The topological polar surface area (TPSA) is 23.5 Å². The highest BCUT2D eigenvalue weighted by Crippen LogP contribution is 2.40. The van der Waals surface area contributed by atoms with Crippen LogP contribution in [0.3, 0.4) is 0 Å². The molecule has 0 heterocycles. The summed E-state index contributed by atoms with van der Waals surface area (Å²) in [6, 6.07) is 8.35. The molecule has 0 bridgehead atoms. The third-order valence-corrected chi connectivity index (χ3v) is 4.76. The molecule has 1 aromatic carbocycles. The first-order valence-corrected chi connectivity index (χ1v) is 7.48. The lowest BCUT2D eigenvalue weighted by atomic mass is 9.80. The predicted molar refractivity (Wildman–Crippen MR) is 80.3 cm³/mol. The number of hydrogen-bond donors (Lipinski definition) is 1. The summed E-state index contributed by atoms with van der Waals surface area (Å²) in [5.41, 5.74) is 2.21. The van der Waals surface area contributed by atoms with Crippen LogP contribution >= 0.6 is 0 Å². The van der Waals surface area contributed by atoms with Crippen molar-refractivity contribution in [1.82, 2.24) is 4.90 Å². The average molecular weight is 261 g/mol. The summed E-state index contributed by atoms with van der Waals surface area (Å²) < 4.78 is 0. The second-order valence-electron chi connectivity index (χ2n) is 6.23. The number of aliphatic hydroxyl groups is 1. The van der Waals surface area contributed by atoms with Gasteiger partial charge in [-0.3, -0.25) is 0 Å². The van der Waals surface area contributed by atoms with Crippen LogP contribution in [-0.2, 0) is 0 Å². The van der Waals surface area contributed by atoms with Crippen molar-refractivity contribution in [1.29, 1.82) is 0 Å². The summed E-state index contributed by atoms with van der Waals surface area (Å²) in [5.74, 6) is 0. The lowest BCUT2D eigenvalue weighted by Crippen LogP contribution is -2.49. The molecule has 0 amide bonds. The molecule has 0 aromatic heterocycles. The SMILES string of the molecule is Cc1ccc(C(O)C2(N(C)C)CCCCCC2)cc1. The zero-order valence-electron chi connectivity index (χ0n) is 12.5. The van der Waals surface area contributed by atoms with Gasteiger partial charge in [-0.05, 0) is 39.4 Å². The van der Waals surface area contributed by atoms with Crippen molar-refractivity contribution < 1.29 is 5.11 Å². The van der Waals surface area contributed by atoms with Crippen LogP contribution in [0.4, 0.5) is 0 Å². The van der Waals surface area contributed by atoms with Crippen LogP contribution in [0, 0.1) is 6.92 Å². The Morgan fingerprint density at radius 2 is 1.53 bits per heavy atom. The van der Waals surface area contributed by atoms with Crippen molar-refractivity contribution in [3.8, 4) is 0 Å². The van der Waals surface area contributed by atoms with Gasteiger partial charge in [0.25, 0.3) is 0 Å². The van der Waals surface area contributed by atoms with E-state index in [4.69, 9.17) is 0 Å². The second kappa shape index (κ2) is 6.06. The zero-order chi connectivity index (χ0) is 13.9. The fourth-order valence-corrected chi connectivity index (χ4v) is 3.36. The first-order valence-electron chi connectivity index (χ1n) is 7.48. The van der Waals surface area contributed by atoms with Crippen LogP contribution in [-0.4, -0.2) is 29.6 Å². The quantitative estimate of drug-likeness (QED) is 0.839. The highest BCUT2D eigenvalue weighted by atomic mass is 16.3. The minimum absolute atomic E-state index is 0.0915. The van der Waals surface area contributed by atoms with E-state index in [1.807, 2.05) is 0 Å².